The first-order valence-electron chi connectivity index (χ1n) is 11.3. The number of nitrogens with two attached hydrogens (primary N) is 4. The summed E-state index contributed by atoms with van der Waals surface area (Å²) >= 11 is 0. The third kappa shape index (κ3) is 6.26. The molecule has 0 spiro atoms. The summed E-state index contributed by atoms with van der Waals surface area (Å²) in [5.74, 6) is -4.56. The maximum Gasteiger partial charge on any atom is 0.337 e. The van der Waals surface area contributed by atoms with E-state index in [0.717, 1.165) is 0 Å². The zero-order valence-corrected chi connectivity index (χ0v) is 20.7. The van der Waals surface area contributed by atoms with Crippen molar-refractivity contribution in [3.63, 3.8) is 0 Å². The molecule has 4 rings (SSSR count). The molecule has 0 heterocycles. The molecule has 0 saturated carbocycles. The van der Waals surface area contributed by atoms with E-state index in [4.69, 9.17) is 43.4 Å². The van der Waals surface area contributed by atoms with Gasteiger partial charge in [-0.15, -0.1) is 0 Å². The summed E-state index contributed by atoms with van der Waals surface area (Å²) in [4.78, 5) is 44.2. The third-order valence-corrected chi connectivity index (χ3v) is 5.80. The van der Waals surface area contributed by atoms with Gasteiger partial charge in [-0.1, -0.05) is 24.3 Å². The lowest BCUT2D eigenvalue weighted by molar-refractivity contribution is 0.0687. The van der Waals surface area contributed by atoms with E-state index >= 15 is 0 Å². The maximum atomic E-state index is 11.0. The fourth-order valence-corrected chi connectivity index (χ4v) is 3.68. The van der Waals surface area contributed by atoms with Crippen LogP contribution >= 0.6 is 0 Å². The van der Waals surface area contributed by atoms with Crippen LogP contribution in [-0.4, -0.2) is 44.3 Å². The first-order chi connectivity index (χ1) is 18.8. The fraction of sp³-hybridized carbons (Fsp3) is 0. The molecule has 204 valence electrons. The molecule has 0 amide bonds. The number of aromatic carboxylic acids is 4. The first kappa shape index (κ1) is 28.5. The molecular weight excluding hydrogens is 520 g/mol. The first-order valence-corrected chi connectivity index (χ1v) is 11.3. The zero-order valence-electron chi connectivity index (χ0n) is 20.7. The molecule has 4 aromatic carbocycles. The van der Waals surface area contributed by atoms with Crippen molar-refractivity contribution in [2.24, 2.45) is 0 Å². The molecule has 0 bridgehead atoms. The van der Waals surface area contributed by atoms with Crippen molar-refractivity contribution in [1.29, 1.82) is 0 Å². The van der Waals surface area contributed by atoms with E-state index in [2.05, 4.69) is 0 Å². The van der Waals surface area contributed by atoms with Crippen LogP contribution in [0.3, 0.4) is 0 Å². The van der Waals surface area contributed by atoms with E-state index in [1.54, 1.807) is 24.3 Å². The molecule has 12 heteroatoms. The Morgan fingerprint density at radius 3 is 0.700 bits per heavy atom. The predicted octanol–water partition coefficient (Wildman–Crippen LogP) is 3.83. The lowest BCUT2D eigenvalue weighted by atomic mass is 9.99. The van der Waals surface area contributed by atoms with Gasteiger partial charge in [0.2, 0.25) is 0 Å². The van der Waals surface area contributed by atoms with Gasteiger partial charge in [-0.25, -0.2) is 19.2 Å². The molecule has 0 unspecified atom stereocenters. The number of anilines is 4. The van der Waals surface area contributed by atoms with Gasteiger partial charge in [0.1, 0.15) is 0 Å². The highest BCUT2D eigenvalue weighted by atomic mass is 16.4. The molecule has 0 radical (unpaired) electrons. The Morgan fingerprint density at radius 1 is 0.375 bits per heavy atom. The molecule has 0 saturated heterocycles. The van der Waals surface area contributed by atoms with Gasteiger partial charge in [0.05, 0.1) is 22.3 Å². The summed E-state index contributed by atoms with van der Waals surface area (Å²) in [5, 5.41) is 36.1. The topological polar surface area (TPSA) is 253 Å². The number of carboxylic acid groups (broad SMARTS) is 4. The Labute approximate surface area is 226 Å². The zero-order chi connectivity index (χ0) is 29.7. The average Bonchev–Trinajstić information content (AvgIpc) is 2.89. The minimum absolute atomic E-state index is 0.0313. The molecule has 0 aliphatic rings. The Hall–Kier alpha value is -6.04. The van der Waals surface area contributed by atoms with Crippen molar-refractivity contribution in [3.05, 3.63) is 95.1 Å². The van der Waals surface area contributed by atoms with Crippen molar-refractivity contribution in [2.45, 2.75) is 0 Å². The number of carboxylic acids is 4. The van der Waals surface area contributed by atoms with Crippen LogP contribution in [0.15, 0.2) is 72.8 Å². The molecule has 12 nitrogen and oxygen atoms in total. The Balaban J connectivity index is 0.000000220. The number of hydrogen-bond acceptors (Lipinski definition) is 8. The van der Waals surface area contributed by atoms with E-state index in [1.807, 2.05) is 0 Å². The number of hydrogen-bond donors (Lipinski definition) is 8. The monoisotopic (exact) mass is 544 g/mol. The molecule has 40 heavy (non-hydrogen) atoms. The summed E-state index contributed by atoms with van der Waals surface area (Å²) in [7, 11) is 0. The van der Waals surface area contributed by atoms with Crippen molar-refractivity contribution < 1.29 is 39.6 Å². The lowest BCUT2D eigenvalue weighted by Crippen LogP contribution is -2.04. The van der Waals surface area contributed by atoms with Crippen LogP contribution in [-0.2, 0) is 0 Å². The van der Waals surface area contributed by atoms with Gasteiger partial charge in [0, 0.05) is 22.7 Å². The number of carbonyl (C=O) groups is 4. The van der Waals surface area contributed by atoms with Gasteiger partial charge in [-0.3, -0.25) is 0 Å². The van der Waals surface area contributed by atoms with Crippen LogP contribution in [0.2, 0.25) is 0 Å². The van der Waals surface area contributed by atoms with Gasteiger partial charge in [0.25, 0.3) is 0 Å². The number of nitrogen functional groups attached to an aromatic ring is 4. The van der Waals surface area contributed by atoms with Crippen LogP contribution in [0, 0.1) is 0 Å². The fourth-order valence-electron chi connectivity index (χ4n) is 3.68. The Morgan fingerprint density at radius 2 is 0.550 bits per heavy atom. The van der Waals surface area contributed by atoms with Gasteiger partial charge < -0.3 is 43.4 Å². The van der Waals surface area contributed by atoms with E-state index < -0.39 is 23.9 Å². The molecule has 0 aliphatic carbocycles. The summed E-state index contributed by atoms with van der Waals surface area (Å²) in [6, 6.07) is 18.0. The summed E-state index contributed by atoms with van der Waals surface area (Å²) in [5.41, 5.74) is 25.0. The quantitative estimate of drug-likeness (QED) is 0.161. The minimum Gasteiger partial charge on any atom is -0.478 e. The highest BCUT2D eigenvalue weighted by Gasteiger charge is 2.14. The van der Waals surface area contributed by atoms with Crippen molar-refractivity contribution in [1.82, 2.24) is 0 Å². The van der Waals surface area contributed by atoms with Crippen LogP contribution < -0.4 is 22.9 Å². The standard InChI is InChI=1S/2C14H12N2O4/c2*15-11-3-1-7(5-9(11)13(17)18)8-2-4-12(16)10(6-8)14(19)20/h2*1-6H,15-16H2,(H,17,18)(H,19,20). The van der Waals surface area contributed by atoms with Gasteiger partial charge >= 0.3 is 23.9 Å². The molecule has 4 aromatic rings. The van der Waals surface area contributed by atoms with Crippen LogP contribution in [0.25, 0.3) is 22.3 Å². The predicted molar refractivity (Wildman–Crippen MR) is 149 cm³/mol. The SMILES string of the molecule is Nc1ccc(-c2ccc(N)c(C(=O)O)c2)cc1C(=O)O.Nc1ccc(-c2ccc(N)c(C(=O)O)c2)cc1C(=O)O. The van der Waals surface area contributed by atoms with E-state index in [0.29, 0.717) is 22.3 Å². The minimum atomic E-state index is -1.14. The Bertz CT molecular complexity index is 1420. The molecular formula is C28H24N4O8. The molecule has 0 atom stereocenters. The Kier molecular flexibility index (Phi) is 8.25. The smallest absolute Gasteiger partial charge is 0.337 e. The highest BCUT2D eigenvalue weighted by molar-refractivity contribution is 5.98. The van der Waals surface area contributed by atoms with Crippen LogP contribution in [0.4, 0.5) is 22.7 Å². The average molecular weight is 545 g/mol. The molecule has 0 aromatic heterocycles. The molecule has 0 fully saturated rings. The van der Waals surface area contributed by atoms with Crippen molar-refractivity contribution in [3.8, 4) is 22.3 Å². The second-order valence-electron chi connectivity index (χ2n) is 8.43. The molecule has 0 aliphatic heterocycles. The maximum absolute atomic E-state index is 11.0. The third-order valence-electron chi connectivity index (χ3n) is 5.80. The van der Waals surface area contributed by atoms with Crippen molar-refractivity contribution >= 4 is 46.6 Å². The summed E-state index contributed by atoms with van der Waals surface area (Å²) in [6.07, 6.45) is 0. The molecule has 12 N–H and O–H groups in total. The van der Waals surface area contributed by atoms with E-state index in [-0.39, 0.29) is 45.0 Å². The number of rotatable bonds is 6. The normalized spacial score (nSPS) is 10.2. The van der Waals surface area contributed by atoms with Gasteiger partial charge in [0.15, 0.2) is 0 Å². The second-order valence-corrected chi connectivity index (χ2v) is 8.43. The van der Waals surface area contributed by atoms with Gasteiger partial charge in [-0.05, 0) is 70.8 Å². The van der Waals surface area contributed by atoms with E-state index in [1.165, 1.54) is 48.5 Å². The lowest BCUT2D eigenvalue weighted by Gasteiger charge is -2.08. The largest absolute Gasteiger partial charge is 0.478 e. The summed E-state index contributed by atoms with van der Waals surface area (Å²) < 4.78 is 0. The van der Waals surface area contributed by atoms with Crippen molar-refractivity contribution in [2.75, 3.05) is 22.9 Å². The van der Waals surface area contributed by atoms with Crippen LogP contribution in [0.5, 0.6) is 0 Å². The van der Waals surface area contributed by atoms with Gasteiger partial charge in [-0.2, -0.15) is 0 Å². The van der Waals surface area contributed by atoms with E-state index in [9.17, 15) is 19.2 Å². The second kappa shape index (κ2) is 11.6. The number of benzene rings is 4. The van der Waals surface area contributed by atoms with Crippen LogP contribution in [0.1, 0.15) is 41.4 Å². The highest BCUT2D eigenvalue weighted by Crippen LogP contribution is 2.28. The summed E-state index contributed by atoms with van der Waals surface area (Å²) in [6.45, 7) is 0.